The molecule has 0 aromatic carbocycles. The molecule has 144 valence electrons. The van der Waals surface area contributed by atoms with Crippen LogP contribution in [0.25, 0.3) is 0 Å². The third-order valence-corrected chi connectivity index (χ3v) is 9.32. The van der Waals surface area contributed by atoms with E-state index in [0.717, 1.165) is 35.5 Å². The van der Waals surface area contributed by atoms with E-state index in [-0.39, 0.29) is 0 Å². The van der Waals surface area contributed by atoms with Crippen LogP contribution in [0.1, 0.15) is 78.6 Å². The summed E-state index contributed by atoms with van der Waals surface area (Å²) in [5.74, 6) is 7.38. The second-order valence-electron chi connectivity index (χ2n) is 10.7. The second kappa shape index (κ2) is 7.15. The van der Waals surface area contributed by atoms with E-state index in [4.69, 9.17) is 11.5 Å². The maximum atomic E-state index is 6.96. The summed E-state index contributed by atoms with van der Waals surface area (Å²) in [5, 5.41) is 0. The summed E-state index contributed by atoms with van der Waals surface area (Å²) in [7, 11) is 0. The molecule has 2 heteroatoms. The highest BCUT2D eigenvalue weighted by Crippen LogP contribution is 2.56. The van der Waals surface area contributed by atoms with E-state index < -0.39 is 0 Å². The molecule has 4 N–H and O–H groups in total. The molecule has 0 saturated heterocycles. The van der Waals surface area contributed by atoms with E-state index in [2.05, 4.69) is 20.8 Å². The SMILES string of the molecule is CC1CC2CCCCC2C(C2C(N)CC(C)C3C(C)CCCC32)C1N. The molecular formula is C23H42N2. The van der Waals surface area contributed by atoms with Gasteiger partial charge in [0, 0.05) is 12.1 Å². The van der Waals surface area contributed by atoms with E-state index in [0.29, 0.717) is 29.8 Å². The average Bonchev–Trinajstić information content (AvgIpc) is 2.57. The highest BCUT2D eigenvalue weighted by Gasteiger charge is 2.53. The first-order chi connectivity index (χ1) is 12.0. The van der Waals surface area contributed by atoms with Crippen LogP contribution in [0.5, 0.6) is 0 Å². The van der Waals surface area contributed by atoms with Crippen molar-refractivity contribution >= 4 is 0 Å². The lowest BCUT2D eigenvalue weighted by molar-refractivity contribution is -0.0721. The minimum Gasteiger partial charge on any atom is -0.327 e. The molecule has 4 fully saturated rings. The van der Waals surface area contributed by atoms with Crippen molar-refractivity contribution in [2.24, 2.45) is 64.7 Å². The summed E-state index contributed by atoms with van der Waals surface area (Å²) in [4.78, 5) is 0. The van der Waals surface area contributed by atoms with Gasteiger partial charge in [-0.3, -0.25) is 0 Å². The van der Waals surface area contributed by atoms with Crippen LogP contribution in [-0.2, 0) is 0 Å². The van der Waals surface area contributed by atoms with Crippen LogP contribution in [0.4, 0.5) is 0 Å². The molecule has 4 aliphatic carbocycles. The van der Waals surface area contributed by atoms with Gasteiger partial charge >= 0.3 is 0 Å². The molecule has 11 atom stereocenters. The summed E-state index contributed by atoms with van der Waals surface area (Å²) in [6.07, 6.45) is 12.7. The summed E-state index contributed by atoms with van der Waals surface area (Å²) in [6.45, 7) is 7.44. The maximum Gasteiger partial charge on any atom is 0.00991 e. The van der Waals surface area contributed by atoms with Crippen molar-refractivity contribution in [1.29, 1.82) is 0 Å². The molecule has 0 aliphatic heterocycles. The van der Waals surface area contributed by atoms with Gasteiger partial charge < -0.3 is 11.5 Å². The molecule has 25 heavy (non-hydrogen) atoms. The van der Waals surface area contributed by atoms with E-state index in [9.17, 15) is 0 Å². The Hall–Kier alpha value is -0.0800. The Balaban J connectivity index is 1.66. The lowest BCUT2D eigenvalue weighted by Gasteiger charge is -2.58. The first-order valence-electron chi connectivity index (χ1n) is 11.5. The summed E-state index contributed by atoms with van der Waals surface area (Å²) >= 11 is 0. The minimum atomic E-state index is 0.390. The van der Waals surface area contributed by atoms with E-state index in [1.165, 1.54) is 57.8 Å². The van der Waals surface area contributed by atoms with Crippen LogP contribution >= 0.6 is 0 Å². The van der Waals surface area contributed by atoms with Crippen molar-refractivity contribution in [2.75, 3.05) is 0 Å². The molecule has 4 saturated carbocycles. The average molecular weight is 347 g/mol. The molecule has 0 spiro atoms. The van der Waals surface area contributed by atoms with Gasteiger partial charge in [0.15, 0.2) is 0 Å². The molecule has 0 aromatic heterocycles. The lowest BCUT2D eigenvalue weighted by atomic mass is 9.48. The number of rotatable bonds is 1. The predicted molar refractivity (Wildman–Crippen MR) is 106 cm³/mol. The normalized spacial score (nSPS) is 56.8. The van der Waals surface area contributed by atoms with Gasteiger partial charge in [0.1, 0.15) is 0 Å². The fourth-order valence-electron chi connectivity index (χ4n) is 8.42. The van der Waals surface area contributed by atoms with Crippen molar-refractivity contribution in [3.05, 3.63) is 0 Å². The lowest BCUT2D eigenvalue weighted by Crippen LogP contribution is -2.60. The van der Waals surface area contributed by atoms with Crippen molar-refractivity contribution in [2.45, 2.75) is 90.6 Å². The Bertz CT molecular complexity index is 463. The monoisotopic (exact) mass is 346 g/mol. The minimum absolute atomic E-state index is 0.390. The summed E-state index contributed by atoms with van der Waals surface area (Å²) in [6, 6.07) is 0.784. The highest BCUT2D eigenvalue weighted by molar-refractivity contribution is 5.05. The van der Waals surface area contributed by atoms with Crippen LogP contribution in [-0.4, -0.2) is 12.1 Å². The van der Waals surface area contributed by atoms with E-state index in [1.807, 2.05) is 0 Å². The zero-order valence-corrected chi connectivity index (χ0v) is 16.9. The number of nitrogens with two attached hydrogens (primary N) is 2. The number of fused-ring (bicyclic) bond motifs is 2. The molecule has 2 nitrogen and oxygen atoms in total. The molecule has 0 heterocycles. The van der Waals surface area contributed by atoms with Crippen molar-refractivity contribution in [1.82, 2.24) is 0 Å². The molecular weight excluding hydrogens is 304 g/mol. The van der Waals surface area contributed by atoms with Gasteiger partial charge in [0.25, 0.3) is 0 Å². The molecule has 0 amide bonds. The Kier molecular flexibility index (Phi) is 5.23. The van der Waals surface area contributed by atoms with Gasteiger partial charge in [0.05, 0.1) is 0 Å². The van der Waals surface area contributed by atoms with Gasteiger partial charge in [-0.2, -0.15) is 0 Å². The van der Waals surface area contributed by atoms with Gasteiger partial charge in [-0.15, -0.1) is 0 Å². The topological polar surface area (TPSA) is 52.0 Å². The molecule has 4 rings (SSSR count). The maximum absolute atomic E-state index is 6.96. The molecule has 4 aliphatic rings. The summed E-state index contributed by atoms with van der Waals surface area (Å²) < 4.78 is 0. The molecule has 0 bridgehead atoms. The van der Waals surface area contributed by atoms with Crippen molar-refractivity contribution < 1.29 is 0 Å². The Morgan fingerprint density at radius 2 is 1.32 bits per heavy atom. The zero-order chi connectivity index (χ0) is 17.7. The second-order valence-corrected chi connectivity index (χ2v) is 10.7. The van der Waals surface area contributed by atoms with Gasteiger partial charge in [-0.1, -0.05) is 52.9 Å². The standard InChI is InChI=1S/C23H42N2/c1-13-7-6-10-18-20(13)14(2)12-19(24)21(18)22-17-9-5-4-8-16(17)11-15(3)23(22)25/h13-23H,4-12,24-25H2,1-3H3. The third kappa shape index (κ3) is 3.10. The molecule has 11 unspecified atom stereocenters. The van der Waals surface area contributed by atoms with Crippen LogP contribution in [0.15, 0.2) is 0 Å². The van der Waals surface area contributed by atoms with E-state index in [1.54, 1.807) is 0 Å². The number of hydrogen-bond acceptors (Lipinski definition) is 2. The van der Waals surface area contributed by atoms with Crippen LogP contribution in [0.2, 0.25) is 0 Å². The third-order valence-electron chi connectivity index (χ3n) is 9.32. The van der Waals surface area contributed by atoms with Crippen LogP contribution < -0.4 is 11.5 Å². The molecule has 0 aromatic rings. The van der Waals surface area contributed by atoms with Crippen LogP contribution in [0, 0.1) is 53.3 Å². The van der Waals surface area contributed by atoms with Crippen molar-refractivity contribution in [3.63, 3.8) is 0 Å². The Morgan fingerprint density at radius 1 is 0.600 bits per heavy atom. The number of hydrogen-bond donors (Lipinski definition) is 2. The zero-order valence-electron chi connectivity index (χ0n) is 16.9. The summed E-state index contributed by atoms with van der Waals surface area (Å²) in [5.41, 5.74) is 13.9. The fraction of sp³-hybridized carbons (Fsp3) is 1.00. The van der Waals surface area contributed by atoms with Gasteiger partial charge in [-0.05, 0) is 78.9 Å². The highest BCUT2D eigenvalue weighted by atomic mass is 14.8. The van der Waals surface area contributed by atoms with Crippen LogP contribution in [0.3, 0.4) is 0 Å². The quantitative estimate of drug-likeness (QED) is 0.715. The Morgan fingerprint density at radius 3 is 2.12 bits per heavy atom. The Labute approximate surface area is 155 Å². The van der Waals surface area contributed by atoms with Crippen molar-refractivity contribution in [3.8, 4) is 0 Å². The van der Waals surface area contributed by atoms with Gasteiger partial charge in [-0.25, -0.2) is 0 Å². The molecule has 0 radical (unpaired) electrons. The van der Waals surface area contributed by atoms with E-state index >= 15 is 0 Å². The fourth-order valence-corrected chi connectivity index (χ4v) is 8.42. The first-order valence-corrected chi connectivity index (χ1v) is 11.5. The van der Waals surface area contributed by atoms with Gasteiger partial charge in [0.2, 0.25) is 0 Å². The largest absolute Gasteiger partial charge is 0.327 e. The predicted octanol–water partition coefficient (Wildman–Crippen LogP) is 4.81. The smallest absolute Gasteiger partial charge is 0.00991 e. The first kappa shape index (κ1) is 18.3.